The second kappa shape index (κ2) is 8.32. The van der Waals surface area contributed by atoms with E-state index >= 15 is 0 Å². The Bertz CT molecular complexity index is 1340. The summed E-state index contributed by atoms with van der Waals surface area (Å²) in [6.07, 6.45) is 4.92. The molecule has 0 aliphatic heterocycles. The Morgan fingerprint density at radius 3 is 2.42 bits per heavy atom. The number of hydrogen-bond donors (Lipinski definition) is 2. The number of rotatable bonds is 6. The SMILES string of the molecule is Cc1nccn1-c1cc(Nc2ccc(NS(=O)(=O)c3ccc(F)c(Cl)c3)cc2)ncn1. The molecule has 0 atom stereocenters. The van der Waals surface area contributed by atoms with Crippen LogP contribution in [-0.2, 0) is 10.0 Å². The van der Waals surface area contributed by atoms with Gasteiger partial charge in [0.05, 0.1) is 9.92 Å². The third kappa shape index (κ3) is 4.65. The number of benzene rings is 2. The molecular weight excluding hydrogens is 443 g/mol. The molecule has 2 N–H and O–H groups in total. The van der Waals surface area contributed by atoms with Crippen molar-refractivity contribution in [2.75, 3.05) is 10.0 Å². The predicted octanol–water partition coefficient (Wildman–Crippen LogP) is 4.31. The molecule has 0 radical (unpaired) electrons. The van der Waals surface area contributed by atoms with E-state index in [9.17, 15) is 12.8 Å². The largest absolute Gasteiger partial charge is 0.340 e. The molecule has 0 amide bonds. The number of halogens is 2. The van der Waals surface area contributed by atoms with Gasteiger partial charge in [-0.15, -0.1) is 0 Å². The lowest BCUT2D eigenvalue weighted by Gasteiger charge is -2.11. The molecular formula is C20H16ClFN6O2S. The molecule has 2 aromatic carbocycles. The highest BCUT2D eigenvalue weighted by atomic mass is 35.5. The van der Waals surface area contributed by atoms with Gasteiger partial charge >= 0.3 is 0 Å². The first-order chi connectivity index (χ1) is 14.8. The maximum absolute atomic E-state index is 13.3. The van der Waals surface area contributed by atoms with E-state index in [-0.39, 0.29) is 9.92 Å². The molecule has 0 aliphatic rings. The van der Waals surface area contributed by atoms with Crippen molar-refractivity contribution in [3.8, 4) is 5.82 Å². The molecule has 2 heterocycles. The van der Waals surface area contributed by atoms with Crippen molar-refractivity contribution in [3.05, 3.63) is 83.9 Å². The van der Waals surface area contributed by atoms with Crippen molar-refractivity contribution >= 4 is 38.8 Å². The molecule has 0 bridgehead atoms. The van der Waals surface area contributed by atoms with Gasteiger partial charge in [-0.3, -0.25) is 9.29 Å². The van der Waals surface area contributed by atoms with Crippen LogP contribution in [0.3, 0.4) is 0 Å². The number of sulfonamides is 1. The zero-order valence-electron chi connectivity index (χ0n) is 16.1. The van der Waals surface area contributed by atoms with E-state index in [0.717, 1.165) is 24.0 Å². The van der Waals surface area contributed by atoms with E-state index in [0.29, 0.717) is 23.0 Å². The average Bonchev–Trinajstić information content (AvgIpc) is 3.17. The first-order valence-electron chi connectivity index (χ1n) is 8.99. The lowest BCUT2D eigenvalue weighted by atomic mass is 10.3. The minimum absolute atomic E-state index is 0.135. The van der Waals surface area contributed by atoms with E-state index in [1.54, 1.807) is 42.7 Å². The lowest BCUT2D eigenvalue weighted by molar-refractivity contribution is 0.599. The second-order valence-electron chi connectivity index (χ2n) is 6.49. The van der Waals surface area contributed by atoms with E-state index in [4.69, 9.17) is 11.6 Å². The minimum Gasteiger partial charge on any atom is -0.340 e. The molecule has 0 saturated heterocycles. The number of anilines is 3. The van der Waals surface area contributed by atoms with Crippen LogP contribution >= 0.6 is 11.6 Å². The number of nitrogens with one attached hydrogen (secondary N) is 2. The Labute approximate surface area is 182 Å². The monoisotopic (exact) mass is 458 g/mol. The van der Waals surface area contributed by atoms with Crippen molar-refractivity contribution < 1.29 is 12.8 Å². The quantitative estimate of drug-likeness (QED) is 0.446. The van der Waals surface area contributed by atoms with Gasteiger partial charge in [0.15, 0.2) is 0 Å². The summed E-state index contributed by atoms with van der Waals surface area (Å²) in [4.78, 5) is 12.5. The molecule has 0 unspecified atom stereocenters. The highest BCUT2D eigenvalue weighted by Crippen LogP contribution is 2.23. The smallest absolute Gasteiger partial charge is 0.261 e. The standard InChI is InChI=1S/C20H16ClFN6O2S/c1-13-23-8-9-28(13)20-11-19(24-12-25-20)26-14-2-4-15(5-3-14)27-31(29,30)16-6-7-18(22)17(21)10-16/h2-12,27H,1H3,(H,24,25,26). The van der Waals surface area contributed by atoms with Crippen molar-refractivity contribution in [1.82, 2.24) is 19.5 Å². The molecule has 11 heteroatoms. The lowest BCUT2D eigenvalue weighted by Crippen LogP contribution is -2.13. The van der Waals surface area contributed by atoms with Crippen LogP contribution in [0.4, 0.5) is 21.6 Å². The second-order valence-corrected chi connectivity index (χ2v) is 8.58. The Kier molecular flexibility index (Phi) is 5.57. The molecule has 0 saturated carbocycles. The van der Waals surface area contributed by atoms with Crippen LogP contribution in [0.5, 0.6) is 0 Å². The van der Waals surface area contributed by atoms with Gasteiger partial charge in [-0.1, -0.05) is 11.6 Å². The van der Waals surface area contributed by atoms with E-state index in [1.807, 2.05) is 11.5 Å². The summed E-state index contributed by atoms with van der Waals surface area (Å²) >= 11 is 5.68. The van der Waals surface area contributed by atoms with Crippen molar-refractivity contribution in [2.24, 2.45) is 0 Å². The minimum atomic E-state index is -3.91. The number of aromatic nitrogens is 4. The summed E-state index contributed by atoms with van der Waals surface area (Å²) in [6, 6.07) is 11.5. The van der Waals surface area contributed by atoms with Gasteiger partial charge < -0.3 is 5.32 Å². The van der Waals surface area contributed by atoms with Crippen LogP contribution in [0.2, 0.25) is 5.02 Å². The van der Waals surface area contributed by atoms with Crippen molar-refractivity contribution in [2.45, 2.75) is 11.8 Å². The fraction of sp³-hybridized carbons (Fsp3) is 0.0500. The molecule has 4 aromatic rings. The van der Waals surface area contributed by atoms with Crippen molar-refractivity contribution in [3.63, 3.8) is 0 Å². The Morgan fingerprint density at radius 2 is 1.74 bits per heavy atom. The number of imidazole rings is 1. The van der Waals surface area contributed by atoms with Crippen LogP contribution < -0.4 is 10.0 Å². The number of aryl methyl sites for hydroxylation is 1. The van der Waals surface area contributed by atoms with Gasteiger partial charge in [-0.2, -0.15) is 0 Å². The summed E-state index contributed by atoms with van der Waals surface area (Å²) in [6.45, 7) is 1.87. The molecule has 31 heavy (non-hydrogen) atoms. The molecule has 0 spiro atoms. The third-order valence-corrected chi connectivity index (χ3v) is 6.00. The third-order valence-electron chi connectivity index (χ3n) is 4.34. The van der Waals surface area contributed by atoms with Gasteiger partial charge in [0.2, 0.25) is 0 Å². The Morgan fingerprint density at radius 1 is 1.00 bits per heavy atom. The predicted molar refractivity (Wildman–Crippen MR) is 116 cm³/mol. The van der Waals surface area contributed by atoms with Crippen LogP contribution in [0.15, 0.2) is 72.1 Å². The number of hydrogen-bond acceptors (Lipinski definition) is 6. The van der Waals surface area contributed by atoms with Crippen molar-refractivity contribution in [1.29, 1.82) is 0 Å². The van der Waals surface area contributed by atoms with Gasteiger partial charge in [-0.25, -0.2) is 27.8 Å². The Balaban J connectivity index is 1.49. The fourth-order valence-corrected chi connectivity index (χ4v) is 4.12. The van der Waals surface area contributed by atoms with Crippen LogP contribution in [0, 0.1) is 12.7 Å². The maximum Gasteiger partial charge on any atom is 0.261 e. The summed E-state index contributed by atoms with van der Waals surface area (Å²) in [5.41, 5.74) is 1.03. The van der Waals surface area contributed by atoms with Crippen LogP contribution in [0.1, 0.15) is 5.82 Å². The van der Waals surface area contributed by atoms with Gasteiger partial charge in [-0.05, 0) is 49.4 Å². The highest BCUT2D eigenvalue weighted by Gasteiger charge is 2.16. The molecule has 2 aromatic heterocycles. The normalized spacial score (nSPS) is 11.3. The maximum atomic E-state index is 13.3. The summed E-state index contributed by atoms with van der Waals surface area (Å²) in [5, 5.41) is 2.87. The first kappa shape index (κ1) is 20.8. The van der Waals surface area contributed by atoms with Gasteiger partial charge in [0.1, 0.15) is 29.6 Å². The van der Waals surface area contributed by atoms with Gasteiger partial charge in [0.25, 0.3) is 10.0 Å². The Hall–Kier alpha value is -3.50. The van der Waals surface area contributed by atoms with Crippen LogP contribution in [0.25, 0.3) is 5.82 Å². The molecule has 0 aliphatic carbocycles. The van der Waals surface area contributed by atoms with Gasteiger partial charge in [0, 0.05) is 29.8 Å². The fourth-order valence-electron chi connectivity index (χ4n) is 2.79. The molecule has 0 fully saturated rings. The summed E-state index contributed by atoms with van der Waals surface area (Å²) in [7, 11) is -3.91. The van der Waals surface area contributed by atoms with E-state index < -0.39 is 15.8 Å². The van der Waals surface area contributed by atoms with E-state index in [2.05, 4.69) is 25.0 Å². The molecule has 158 valence electrons. The number of nitrogens with zero attached hydrogens (tertiary/aromatic N) is 4. The molecule has 8 nitrogen and oxygen atoms in total. The summed E-state index contributed by atoms with van der Waals surface area (Å²) in [5.74, 6) is 1.33. The first-order valence-corrected chi connectivity index (χ1v) is 10.9. The topological polar surface area (TPSA) is 102 Å². The zero-order valence-corrected chi connectivity index (χ0v) is 17.7. The average molecular weight is 459 g/mol. The molecule has 4 rings (SSSR count). The highest BCUT2D eigenvalue weighted by molar-refractivity contribution is 7.92. The zero-order chi connectivity index (χ0) is 22.0. The summed E-state index contributed by atoms with van der Waals surface area (Å²) < 4.78 is 42.5. The van der Waals surface area contributed by atoms with Crippen LogP contribution in [-0.4, -0.2) is 27.9 Å². The van der Waals surface area contributed by atoms with E-state index in [1.165, 1.54) is 6.33 Å².